The Hall–Kier alpha value is -1.42. The molecule has 0 saturated carbocycles. The second-order valence-corrected chi connectivity index (χ2v) is 3.80. The van der Waals surface area contributed by atoms with E-state index in [4.69, 9.17) is 4.74 Å². The molecule has 0 N–H and O–H groups in total. The molecule has 17 heavy (non-hydrogen) atoms. The second kappa shape index (κ2) is 7.01. The van der Waals surface area contributed by atoms with Crippen LogP contribution in [-0.2, 0) is 9.53 Å². The number of aromatic nitrogens is 1. The molecule has 0 aliphatic heterocycles. The Labute approximate surface area is 103 Å². The van der Waals surface area contributed by atoms with Crippen LogP contribution in [0.25, 0.3) is 0 Å². The lowest BCUT2D eigenvalue weighted by Crippen LogP contribution is -2.30. The summed E-state index contributed by atoms with van der Waals surface area (Å²) in [6, 6.07) is 3.94. The number of nitrogens with zero attached hydrogens (tertiary/aromatic N) is 2. The van der Waals surface area contributed by atoms with Gasteiger partial charge in [0.15, 0.2) is 0 Å². The molecule has 0 aliphatic rings. The highest BCUT2D eigenvalue weighted by molar-refractivity contribution is 5.70. The summed E-state index contributed by atoms with van der Waals surface area (Å²) in [5, 5.41) is 0. The minimum atomic E-state index is -0.189. The number of rotatable bonds is 6. The van der Waals surface area contributed by atoms with Crippen LogP contribution in [0.1, 0.15) is 31.9 Å². The number of ether oxygens (including phenoxy) is 1. The molecule has 0 amide bonds. The molecule has 0 aromatic carbocycles. The lowest BCUT2D eigenvalue weighted by atomic mass is 10.0. The number of hydrogen-bond donors (Lipinski definition) is 0. The molecule has 0 aliphatic carbocycles. The van der Waals surface area contributed by atoms with Gasteiger partial charge in [0.05, 0.1) is 13.5 Å². The molecule has 0 saturated heterocycles. The van der Waals surface area contributed by atoms with Gasteiger partial charge in [0.2, 0.25) is 0 Å². The van der Waals surface area contributed by atoms with E-state index in [9.17, 15) is 4.79 Å². The normalized spacial score (nSPS) is 12.5. The van der Waals surface area contributed by atoms with E-state index in [2.05, 4.69) is 23.7 Å². The fourth-order valence-corrected chi connectivity index (χ4v) is 1.94. The average molecular weight is 236 g/mol. The van der Waals surface area contributed by atoms with Gasteiger partial charge in [-0.15, -0.1) is 0 Å². The monoisotopic (exact) mass is 236 g/mol. The molecule has 1 aromatic heterocycles. The van der Waals surface area contributed by atoms with E-state index in [1.54, 1.807) is 6.20 Å². The number of hydrogen-bond acceptors (Lipinski definition) is 4. The molecule has 4 heteroatoms. The fraction of sp³-hybridized carbons (Fsp3) is 0.538. The Bertz CT molecular complexity index is 337. The van der Waals surface area contributed by atoms with E-state index >= 15 is 0 Å². The maximum Gasteiger partial charge on any atom is 0.307 e. The standard InChI is InChI=1S/C13H20N2O2/c1-4-15(5-2)12(9-13(16)17-3)11-7-6-8-14-10-11/h6-8,10,12H,4-5,9H2,1-3H3/t12-/m0/s1. The summed E-state index contributed by atoms with van der Waals surface area (Å²) in [6.45, 7) is 5.97. The smallest absolute Gasteiger partial charge is 0.307 e. The predicted octanol–water partition coefficient (Wildman–Crippen LogP) is 2.03. The van der Waals surface area contributed by atoms with Crippen molar-refractivity contribution in [3.8, 4) is 0 Å². The lowest BCUT2D eigenvalue weighted by molar-refractivity contribution is -0.142. The summed E-state index contributed by atoms with van der Waals surface area (Å²) in [4.78, 5) is 17.8. The molecule has 1 atom stereocenters. The maximum atomic E-state index is 11.5. The third kappa shape index (κ3) is 3.82. The van der Waals surface area contributed by atoms with E-state index in [1.165, 1.54) is 7.11 Å². The Morgan fingerprint density at radius 1 is 1.47 bits per heavy atom. The zero-order valence-electron chi connectivity index (χ0n) is 10.7. The van der Waals surface area contributed by atoms with Crippen LogP contribution >= 0.6 is 0 Å². The molecule has 0 spiro atoms. The number of carbonyl (C=O) groups is 1. The summed E-state index contributed by atoms with van der Waals surface area (Å²) in [5.74, 6) is -0.189. The molecule has 4 nitrogen and oxygen atoms in total. The Balaban J connectivity index is 2.89. The molecule has 0 bridgehead atoms. The highest BCUT2D eigenvalue weighted by atomic mass is 16.5. The van der Waals surface area contributed by atoms with E-state index in [0.29, 0.717) is 6.42 Å². The topological polar surface area (TPSA) is 42.4 Å². The summed E-state index contributed by atoms with van der Waals surface area (Å²) in [7, 11) is 1.42. The first kappa shape index (κ1) is 13.6. The fourth-order valence-electron chi connectivity index (χ4n) is 1.94. The summed E-state index contributed by atoms with van der Waals surface area (Å²) in [6.07, 6.45) is 3.91. The van der Waals surface area contributed by atoms with Gasteiger partial charge in [0.25, 0.3) is 0 Å². The molecule has 1 aromatic rings. The van der Waals surface area contributed by atoms with Crippen molar-refractivity contribution in [1.29, 1.82) is 0 Å². The number of carbonyl (C=O) groups excluding carboxylic acids is 1. The third-order valence-electron chi connectivity index (χ3n) is 2.91. The third-order valence-corrected chi connectivity index (χ3v) is 2.91. The van der Waals surface area contributed by atoms with Gasteiger partial charge in [0.1, 0.15) is 0 Å². The summed E-state index contributed by atoms with van der Waals surface area (Å²) < 4.78 is 4.76. The maximum absolute atomic E-state index is 11.5. The highest BCUT2D eigenvalue weighted by Gasteiger charge is 2.21. The first-order chi connectivity index (χ1) is 8.22. The zero-order valence-corrected chi connectivity index (χ0v) is 10.7. The van der Waals surface area contributed by atoms with Crippen LogP contribution in [0.3, 0.4) is 0 Å². The van der Waals surface area contributed by atoms with Crippen LogP contribution in [0, 0.1) is 0 Å². The number of methoxy groups -OCH3 is 1. The first-order valence-corrected chi connectivity index (χ1v) is 5.93. The van der Waals surface area contributed by atoms with Crippen LogP contribution in [0.2, 0.25) is 0 Å². The van der Waals surface area contributed by atoms with Crippen molar-refractivity contribution < 1.29 is 9.53 Å². The second-order valence-electron chi connectivity index (χ2n) is 3.80. The minimum Gasteiger partial charge on any atom is -0.469 e. The van der Waals surface area contributed by atoms with Crippen molar-refractivity contribution >= 4 is 5.97 Å². The Morgan fingerprint density at radius 3 is 2.65 bits per heavy atom. The van der Waals surface area contributed by atoms with Gasteiger partial charge in [0, 0.05) is 18.4 Å². The lowest BCUT2D eigenvalue weighted by Gasteiger charge is -2.28. The Morgan fingerprint density at radius 2 is 2.18 bits per heavy atom. The van der Waals surface area contributed by atoms with Gasteiger partial charge >= 0.3 is 5.97 Å². The van der Waals surface area contributed by atoms with Crippen LogP contribution in [0.4, 0.5) is 0 Å². The van der Waals surface area contributed by atoms with Crippen molar-refractivity contribution in [2.75, 3.05) is 20.2 Å². The van der Waals surface area contributed by atoms with Crippen molar-refractivity contribution in [3.63, 3.8) is 0 Å². The molecule has 0 fully saturated rings. The molecule has 0 radical (unpaired) electrons. The molecule has 0 unspecified atom stereocenters. The first-order valence-electron chi connectivity index (χ1n) is 5.93. The van der Waals surface area contributed by atoms with Gasteiger partial charge in [-0.05, 0) is 24.7 Å². The van der Waals surface area contributed by atoms with Gasteiger partial charge in [-0.2, -0.15) is 0 Å². The predicted molar refractivity (Wildman–Crippen MR) is 66.5 cm³/mol. The SMILES string of the molecule is CCN(CC)[C@@H](CC(=O)OC)c1cccnc1. The average Bonchev–Trinajstić information content (AvgIpc) is 2.39. The molecular formula is C13H20N2O2. The number of pyridine rings is 1. The summed E-state index contributed by atoms with van der Waals surface area (Å²) >= 11 is 0. The molecular weight excluding hydrogens is 216 g/mol. The molecule has 1 heterocycles. The minimum absolute atomic E-state index is 0.0474. The molecule has 94 valence electrons. The van der Waals surface area contributed by atoms with Crippen molar-refractivity contribution in [2.24, 2.45) is 0 Å². The van der Waals surface area contributed by atoms with Gasteiger partial charge < -0.3 is 4.74 Å². The Kier molecular flexibility index (Phi) is 5.63. The zero-order chi connectivity index (χ0) is 12.7. The van der Waals surface area contributed by atoms with E-state index in [-0.39, 0.29) is 12.0 Å². The van der Waals surface area contributed by atoms with Gasteiger partial charge in [-0.1, -0.05) is 19.9 Å². The van der Waals surface area contributed by atoms with Crippen LogP contribution in [0.15, 0.2) is 24.5 Å². The van der Waals surface area contributed by atoms with Gasteiger partial charge in [-0.25, -0.2) is 0 Å². The number of esters is 1. The van der Waals surface area contributed by atoms with Gasteiger partial charge in [-0.3, -0.25) is 14.7 Å². The quantitative estimate of drug-likeness (QED) is 0.709. The van der Waals surface area contributed by atoms with E-state index < -0.39 is 0 Å². The van der Waals surface area contributed by atoms with E-state index in [1.807, 2.05) is 18.3 Å². The summed E-state index contributed by atoms with van der Waals surface area (Å²) in [5.41, 5.74) is 1.06. The van der Waals surface area contributed by atoms with Crippen LogP contribution in [-0.4, -0.2) is 36.1 Å². The largest absolute Gasteiger partial charge is 0.469 e. The van der Waals surface area contributed by atoms with Crippen molar-refractivity contribution in [3.05, 3.63) is 30.1 Å². The van der Waals surface area contributed by atoms with Crippen LogP contribution < -0.4 is 0 Å². The van der Waals surface area contributed by atoms with Crippen LogP contribution in [0.5, 0.6) is 0 Å². The van der Waals surface area contributed by atoms with Crippen molar-refractivity contribution in [2.45, 2.75) is 26.3 Å². The van der Waals surface area contributed by atoms with E-state index in [0.717, 1.165) is 18.7 Å². The molecule has 1 rings (SSSR count). The van der Waals surface area contributed by atoms with Crippen molar-refractivity contribution in [1.82, 2.24) is 9.88 Å². The highest BCUT2D eigenvalue weighted by Crippen LogP contribution is 2.23.